The third kappa shape index (κ3) is 1.26. The van der Waals surface area contributed by atoms with Gasteiger partial charge in [0.1, 0.15) is 0 Å². The molecule has 2 saturated heterocycles. The van der Waals surface area contributed by atoms with Gasteiger partial charge >= 0.3 is 0 Å². The fraction of sp³-hybridized carbons (Fsp3) is 0.714. The molecular weight excluding hydrogens is 256 g/mol. The summed E-state index contributed by atoms with van der Waals surface area (Å²) in [6, 6.07) is 5.95. The van der Waals surface area contributed by atoms with E-state index in [2.05, 4.69) is 6.07 Å². The molecule has 1 N–H and O–H groups in total. The molecule has 0 radical (unpaired) electrons. The number of nitrogens with zero attached hydrogens (tertiary/aromatic N) is 3. The molecule has 2 heterocycles. The summed E-state index contributed by atoms with van der Waals surface area (Å²) in [5, 5.41) is 36.9. The molecule has 0 amide bonds. The second-order valence-corrected chi connectivity index (χ2v) is 5.50. The summed E-state index contributed by atoms with van der Waals surface area (Å²) in [6.45, 7) is 5.20. The maximum absolute atomic E-state index is 9.74. The van der Waals surface area contributed by atoms with Crippen molar-refractivity contribution >= 4 is 5.90 Å². The third-order valence-electron chi connectivity index (χ3n) is 4.57. The SMILES string of the molecule is CCCC1C2(C)OC(=N)C1(C#N)C(C#N)(C#N)C(C)O2. The molecule has 0 aromatic rings. The molecule has 4 atom stereocenters. The molecule has 6 heteroatoms. The lowest BCUT2D eigenvalue weighted by atomic mass is 9.54. The Kier molecular flexibility index (Phi) is 3.00. The number of hydrogen-bond acceptors (Lipinski definition) is 6. The zero-order chi connectivity index (χ0) is 15.2. The van der Waals surface area contributed by atoms with Crippen molar-refractivity contribution in [2.45, 2.75) is 45.5 Å². The lowest BCUT2D eigenvalue weighted by Crippen LogP contribution is -2.61. The molecule has 0 saturated carbocycles. The number of hydrogen-bond donors (Lipinski definition) is 1. The highest BCUT2D eigenvalue weighted by molar-refractivity contribution is 5.89. The molecule has 6 nitrogen and oxygen atoms in total. The summed E-state index contributed by atoms with van der Waals surface area (Å²) in [5.41, 5.74) is -3.30. The van der Waals surface area contributed by atoms with Gasteiger partial charge < -0.3 is 9.47 Å². The van der Waals surface area contributed by atoms with Crippen LogP contribution < -0.4 is 0 Å². The minimum atomic E-state index is -1.73. The standard InChI is InChI=1S/C14H16N4O2/c1-4-5-10-12(3)19-9(2)13(6-15,7-16)14(10,8-17)11(18)20-12/h9-10,18H,4-5H2,1-3H3. The Morgan fingerprint density at radius 2 is 1.85 bits per heavy atom. The van der Waals surface area contributed by atoms with Crippen molar-refractivity contribution in [3.8, 4) is 18.2 Å². The van der Waals surface area contributed by atoms with Gasteiger partial charge in [-0.15, -0.1) is 0 Å². The molecule has 2 fully saturated rings. The van der Waals surface area contributed by atoms with Crippen LogP contribution >= 0.6 is 0 Å². The Hall–Kier alpha value is -2.10. The van der Waals surface area contributed by atoms with Crippen molar-refractivity contribution in [1.82, 2.24) is 0 Å². The van der Waals surface area contributed by atoms with Gasteiger partial charge in [-0.05, 0) is 13.3 Å². The molecule has 104 valence electrons. The van der Waals surface area contributed by atoms with E-state index < -0.39 is 28.6 Å². The first-order valence-electron chi connectivity index (χ1n) is 6.58. The predicted octanol–water partition coefficient (Wildman–Crippen LogP) is 2.09. The van der Waals surface area contributed by atoms with Gasteiger partial charge in [0, 0.05) is 6.92 Å². The van der Waals surface area contributed by atoms with Gasteiger partial charge in [0.15, 0.2) is 10.8 Å². The molecule has 0 aromatic heterocycles. The second-order valence-electron chi connectivity index (χ2n) is 5.50. The Balaban J connectivity index is 2.77. The van der Waals surface area contributed by atoms with E-state index in [0.717, 1.165) is 6.42 Å². The molecule has 2 rings (SSSR count). The molecule has 2 bridgehead atoms. The Bertz CT molecular complexity index is 567. The van der Waals surface area contributed by atoms with Crippen LogP contribution in [0.3, 0.4) is 0 Å². The van der Waals surface area contributed by atoms with Crippen molar-refractivity contribution in [2.24, 2.45) is 16.7 Å². The summed E-state index contributed by atoms with van der Waals surface area (Å²) in [4.78, 5) is 0. The van der Waals surface area contributed by atoms with Gasteiger partial charge in [0.05, 0.1) is 30.2 Å². The summed E-state index contributed by atoms with van der Waals surface area (Å²) >= 11 is 0. The number of ether oxygens (including phenoxy) is 2. The van der Waals surface area contributed by atoms with E-state index in [-0.39, 0.29) is 5.90 Å². The number of nitrogens with one attached hydrogen (secondary N) is 1. The van der Waals surface area contributed by atoms with E-state index in [4.69, 9.17) is 14.9 Å². The molecule has 2 aliphatic rings. The number of fused-ring (bicyclic) bond motifs is 2. The molecule has 0 aliphatic carbocycles. The normalized spacial score (nSPS) is 41.1. The zero-order valence-corrected chi connectivity index (χ0v) is 11.7. The first kappa shape index (κ1) is 14.3. The van der Waals surface area contributed by atoms with Crippen LogP contribution in [-0.4, -0.2) is 17.8 Å². The van der Waals surface area contributed by atoms with Crippen LogP contribution in [0.25, 0.3) is 0 Å². The summed E-state index contributed by atoms with van der Waals surface area (Å²) < 4.78 is 11.3. The largest absolute Gasteiger partial charge is 0.448 e. The topological polar surface area (TPSA) is 114 Å². The van der Waals surface area contributed by atoms with E-state index in [1.165, 1.54) is 0 Å². The van der Waals surface area contributed by atoms with Gasteiger partial charge in [0.25, 0.3) is 0 Å². The lowest BCUT2D eigenvalue weighted by molar-refractivity contribution is -0.266. The highest BCUT2D eigenvalue weighted by Crippen LogP contribution is 2.63. The van der Waals surface area contributed by atoms with Gasteiger partial charge in [-0.25, -0.2) is 0 Å². The highest BCUT2D eigenvalue weighted by Gasteiger charge is 2.77. The minimum Gasteiger partial charge on any atom is -0.448 e. The monoisotopic (exact) mass is 272 g/mol. The quantitative estimate of drug-likeness (QED) is 0.826. The Labute approximate surface area is 118 Å². The van der Waals surface area contributed by atoms with E-state index in [1.807, 2.05) is 19.1 Å². The van der Waals surface area contributed by atoms with Crippen LogP contribution in [0.15, 0.2) is 0 Å². The van der Waals surface area contributed by atoms with Gasteiger partial charge in [-0.3, -0.25) is 5.41 Å². The fourth-order valence-corrected chi connectivity index (χ4v) is 3.59. The van der Waals surface area contributed by atoms with E-state index in [9.17, 15) is 15.8 Å². The predicted molar refractivity (Wildman–Crippen MR) is 67.9 cm³/mol. The highest BCUT2D eigenvalue weighted by atomic mass is 16.7. The minimum absolute atomic E-state index is 0.326. The Morgan fingerprint density at radius 3 is 2.30 bits per heavy atom. The van der Waals surface area contributed by atoms with Gasteiger partial charge in [-0.2, -0.15) is 15.8 Å². The van der Waals surface area contributed by atoms with Crippen molar-refractivity contribution in [3.63, 3.8) is 0 Å². The zero-order valence-electron chi connectivity index (χ0n) is 11.7. The van der Waals surface area contributed by atoms with Crippen molar-refractivity contribution in [2.75, 3.05) is 0 Å². The van der Waals surface area contributed by atoms with Crippen LogP contribution in [0.4, 0.5) is 0 Å². The summed E-state index contributed by atoms with van der Waals surface area (Å²) in [7, 11) is 0. The molecule has 2 aliphatic heterocycles. The molecular formula is C14H16N4O2. The van der Waals surface area contributed by atoms with Gasteiger partial charge in [0.2, 0.25) is 11.7 Å². The van der Waals surface area contributed by atoms with Crippen LogP contribution in [0.1, 0.15) is 33.6 Å². The number of nitriles is 3. The Morgan fingerprint density at radius 1 is 1.25 bits per heavy atom. The van der Waals surface area contributed by atoms with E-state index in [1.54, 1.807) is 13.8 Å². The van der Waals surface area contributed by atoms with Crippen LogP contribution in [0.5, 0.6) is 0 Å². The molecule has 4 unspecified atom stereocenters. The fourth-order valence-electron chi connectivity index (χ4n) is 3.59. The van der Waals surface area contributed by atoms with Crippen LogP contribution in [-0.2, 0) is 9.47 Å². The number of rotatable bonds is 2. The third-order valence-corrected chi connectivity index (χ3v) is 4.57. The second kappa shape index (κ2) is 4.20. The van der Waals surface area contributed by atoms with Crippen molar-refractivity contribution in [1.29, 1.82) is 21.2 Å². The molecule has 20 heavy (non-hydrogen) atoms. The first-order chi connectivity index (χ1) is 9.38. The van der Waals surface area contributed by atoms with E-state index in [0.29, 0.717) is 6.42 Å². The van der Waals surface area contributed by atoms with Crippen LogP contribution in [0.2, 0.25) is 0 Å². The van der Waals surface area contributed by atoms with E-state index >= 15 is 0 Å². The average molecular weight is 272 g/mol. The van der Waals surface area contributed by atoms with Crippen molar-refractivity contribution < 1.29 is 9.47 Å². The smallest absolute Gasteiger partial charge is 0.214 e. The maximum Gasteiger partial charge on any atom is 0.214 e. The summed E-state index contributed by atoms with van der Waals surface area (Å²) in [5.74, 6) is -1.96. The van der Waals surface area contributed by atoms with Gasteiger partial charge in [-0.1, -0.05) is 13.3 Å². The average Bonchev–Trinajstić information content (AvgIpc) is 2.57. The van der Waals surface area contributed by atoms with Crippen molar-refractivity contribution in [3.05, 3.63) is 0 Å². The molecule has 0 spiro atoms. The maximum atomic E-state index is 9.74. The first-order valence-corrected chi connectivity index (χ1v) is 6.58. The lowest BCUT2D eigenvalue weighted by Gasteiger charge is -2.47. The van der Waals surface area contributed by atoms with Crippen LogP contribution in [0, 0.1) is 56.2 Å². The molecule has 0 aromatic carbocycles. The summed E-state index contributed by atoms with van der Waals surface area (Å²) in [6.07, 6.45) is 0.480.